The summed E-state index contributed by atoms with van der Waals surface area (Å²) in [5, 5.41) is 0. The fraction of sp³-hybridized carbons (Fsp3) is 0.429. The van der Waals surface area contributed by atoms with Crippen LogP contribution in [0.25, 0.3) is 11.3 Å². The van der Waals surface area contributed by atoms with E-state index in [-0.39, 0.29) is 17.0 Å². The van der Waals surface area contributed by atoms with Crippen molar-refractivity contribution >= 4 is 27.7 Å². The number of halogens is 1. The molecule has 140 valence electrons. The number of alkyl halides is 1. The second kappa shape index (κ2) is 6.82. The van der Waals surface area contributed by atoms with Crippen molar-refractivity contribution < 1.29 is 14.3 Å². The van der Waals surface area contributed by atoms with Crippen LogP contribution in [-0.2, 0) is 17.6 Å². The van der Waals surface area contributed by atoms with Gasteiger partial charge in [0.15, 0.2) is 5.78 Å². The molecule has 5 nitrogen and oxygen atoms in total. The molecule has 6 heteroatoms. The SMILES string of the molecule is CC1(C)OC(=O)c2ccccc2-c2nc3c(nc2C(=O)CC1Br)CCCC3. The van der Waals surface area contributed by atoms with Gasteiger partial charge >= 0.3 is 5.97 Å². The Labute approximate surface area is 166 Å². The summed E-state index contributed by atoms with van der Waals surface area (Å²) in [4.78, 5) is 35.2. The molecule has 2 aliphatic rings. The monoisotopic (exact) mass is 428 g/mol. The van der Waals surface area contributed by atoms with E-state index in [1.165, 1.54) is 0 Å². The van der Waals surface area contributed by atoms with Gasteiger partial charge < -0.3 is 4.74 Å². The molecule has 1 aromatic carbocycles. The van der Waals surface area contributed by atoms with Gasteiger partial charge in [-0.25, -0.2) is 14.8 Å². The molecule has 0 spiro atoms. The maximum atomic E-state index is 13.1. The molecular formula is C21H21BrN2O3. The van der Waals surface area contributed by atoms with Gasteiger partial charge in [-0.1, -0.05) is 34.1 Å². The number of aromatic nitrogens is 2. The number of esters is 1. The van der Waals surface area contributed by atoms with E-state index in [2.05, 4.69) is 15.9 Å². The van der Waals surface area contributed by atoms with Gasteiger partial charge in [0, 0.05) is 12.0 Å². The number of fused-ring (bicyclic) bond motifs is 4. The molecule has 0 fully saturated rings. The van der Waals surface area contributed by atoms with Crippen LogP contribution in [-0.4, -0.2) is 32.1 Å². The Morgan fingerprint density at radius 1 is 1.00 bits per heavy atom. The van der Waals surface area contributed by atoms with Crippen molar-refractivity contribution in [2.45, 2.75) is 56.4 Å². The lowest BCUT2D eigenvalue weighted by molar-refractivity contribution is -0.00158. The quantitative estimate of drug-likeness (QED) is 0.461. The number of rotatable bonds is 0. The minimum absolute atomic E-state index is 0.0893. The predicted molar refractivity (Wildman–Crippen MR) is 105 cm³/mol. The molecule has 1 aliphatic heterocycles. The summed E-state index contributed by atoms with van der Waals surface area (Å²) in [7, 11) is 0. The highest BCUT2D eigenvalue weighted by Gasteiger charge is 2.37. The Balaban J connectivity index is 1.97. The first kappa shape index (κ1) is 18.3. The van der Waals surface area contributed by atoms with E-state index in [0.29, 0.717) is 22.5 Å². The number of cyclic esters (lactones) is 1. The Morgan fingerprint density at radius 2 is 1.59 bits per heavy atom. The summed E-state index contributed by atoms with van der Waals surface area (Å²) in [6, 6.07) is 7.16. The molecule has 1 atom stereocenters. The maximum Gasteiger partial charge on any atom is 0.339 e. The van der Waals surface area contributed by atoms with Crippen LogP contribution >= 0.6 is 15.9 Å². The molecule has 0 radical (unpaired) electrons. The van der Waals surface area contributed by atoms with Crippen molar-refractivity contribution in [1.82, 2.24) is 9.97 Å². The number of hydrogen-bond donors (Lipinski definition) is 0. The topological polar surface area (TPSA) is 69.2 Å². The van der Waals surface area contributed by atoms with Gasteiger partial charge in [0.1, 0.15) is 17.0 Å². The molecule has 0 saturated carbocycles. The second-order valence-corrected chi connectivity index (χ2v) is 8.76. The van der Waals surface area contributed by atoms with E-state index < -0.39 is 11.6 Å². The van der Waals surface area contributed by atoms with E-state index >= 15 is 0 Å². The molecule has 1 unspecified atom stereocenters. The third-order valence-electron chi connectivity index (χ3n) is 5.27. The lowest BCUT2D eigenvalue weighted by atomic mass is 9.93. The number of Topliss-reactive ketones (excluding diaryl/α,β-unsaturated/α-hetero) is 1. The van der Waals surface area contributed by atoms with Crippen LogP contribution in [0, 0.1) is 0 Å². The third kappa shape index (κ3) is 3.31. The molecular weight excluding hydrogens is 408 g/mol. The van der Waals surface area contributed by atoms with Crippen LogP contribution in [0.4, 0.5) is 0 Å². The Hall–Kier alpha value is -2.08. The van der Waals surface area contributed by atoms with Gasteiger partial charge in [0.2, 0.25) is 0 Å². The van der Waals surface area contributed by atoms with Crippen molar-refractivity contribution in [2.24, 2.45) is 0 Å². The normalized spacial score (nSPS) is 21.5. The molecule has 0 N–H and O–H groups in total. The number of ether oxygens (including phenoxy) is 1. The van der Waals surface area contributed by atoms with Crippen molar-refractivity contribution in [1.29, 1.82) is 0 Å². The van der Waals surface area contributed by atoms with E-state index in [9.17, 15) is 9.59 Å². The minimum atomic E-state index is -0.834. The van der Waals surface area contributed by atoms with Gasteiger partial charge in [-0.15, -0.1) is 0 Å². The van der Waals surface area contributed by atoms with Crippen LogP contribution < -0.4 is 0 Å². The summed E-state index contributed by atoms with van der Waals surface area (Å²) in [6.07, 6.45) is 4.00. The largest absolute Gasteiger partial charge is 0.455 e. The van der Waals surface area contributed by atoms with E-state index in [4.69, 9.17) is 14.7 Å². The van der Waals surface area contributed by atoms with Gasteiger partial charge in [-0.2, -0.15) is 0 Å². The summed E-state index contributed by atoms with van der Waals surface area (Å²) >= 11 is 3.54. The molecule has 2 aromatic rings. The first-order valence-corrected chi connectivity index (χ1v) is 10.2. The average Bonchev–Trinajstić information content (AvgIpc) is 2.65. The molecule has 0 saturated heterocycles. The molecule has 4 rings (SSSR count). The third-order valence-corrected chi connectivity index (χ3v) is 6.70. The zero-order valence-electron chi connectivity index (χ0n) is 15.4. The molecule has 1 aromatic heterocycles. The fourth-order valence-corrected chi connectivity index (χ4v) is 3.99. The highest BCUT2D eigenvalue weighted by atomic mass is 79.9. The van der Waals surface area contributed by atoms with E-state index in [1.807, 2.05) is 12.1 Å². The summed E-state index contributed by atoms with van der Waals surface area (Å²) in [5.74, 6) is -0.506. The Morgan fingerprint density at radius 3 is 2.26 bits per heavy atom. The summed E-state index contributed by atoms with van der Waals surface area (Å²) in [6.45, 7) is 3.61. The molecule has 2 heterocycles. The molecule has 27 heavy (non-hydrogen) atoms. The average molecular weight is 429 g/mol. The van der Waals surface area contributed by atoms with Crippen LogP contribution in [0.15, 0.2) is 24.3 Å². The van der Waals surface area contributed by atoms with E-state index in [0.717, 1.165) is 37.1 Å². The van der Waals surface area contributed by atoms with Gasteiger partial charge in [0.25, 0.3) is 0 Å². The number of benzene rings is 1. The molecule has 0 bridgehead atoms. The summed E-state index contributed by atoms with van der Waals surface area (Å²) in [5.41, 5.74) is 2.88. The number of hydrogen-bond acceptors (Lipinski definition) is 5. The van der Waals surface area contributed by atoms with Crippen LogP contribution in [0.1, 0.15) is 65.3 Å². The van der Waals surface area contributed by atoms with Gasteiger partial charge in [-0.05, 0) is 45.6 Å². The minimum Gasteiger partial charge on any atom is -0.455 e. The lowest BCUT2D eigenvalue weighted by Crippen LogP contribution is -2.39. The number of ketones is 1. The Kier molecular flexibility index (Phi) is 4.62. The van der Waals surface area contributed by atoms with Crippen molar-refractivity contribution in [3.63, 3.8) is 0 Å². The van der Waals surface area contributed by atoms with Crippen molar-refractivity contribution in [2.75, 3.05) is 0 Å². The van der Waals surface area contributed by atoms with Crippen LogP contribution in [0.3, 0.4) is 0 Å². The smallest absolute Gasteiger partial charge is 0.339 e. The van der Waals surface area contributed by atoms with Crippen molar-refractivity contribution in [3.8, 4) is 11.3 Å². The fourth-order valence-electron chi connectivity index (χ4n) is 3.60. The predicted octanol–water partition coefficient (Wildman–Crippen LogP) is 4.31. The zero-order chi connectivity index (χ0) is 19.2. The lowest BCUT2D eigenvalue weighted by Gasteiger charge is -2.31. The highest BCUT2D eigenvalue weighted by Crippen LogP contribution is 2.34. The number of carbonyl (C=O) groups is 2. The summed E-state index contributed by atoms with van der Waals surface area (Å²) < 4.78 is 5.74. The number of nitrogens with zero attached hydrogens (tertiary/aromatic N) is 2. The van der Waals surface area contributed by atoms with Gasteiger partial charge in [-0.3, -0.25) is 4.79 Å². The van der Waals surface area contributed by atoms with Crippen LogP contribution in [0.2, 0.25) is 0 Å². The first-order valence-electron chi connectivity index (χ1n) is 9.26. The highest BCUT2D eigenvalue weighted by molar-refractivity contribution is 9.09. The number of aryl methyl sites for hydroxylation is 2. The standard InChI is InChI=1S/C21H21BrN2O3/c1-21(2)17(22)11-16(25)19-18(23-14-9-5-6-10-15(14)24-19)12-7-3-4-8-13(12)20(26)27-21/h3-4,7-8,17H,5-6,9-11H2,1-2H3. The van der Waals surface area contributed by atoms with Gasteiger partial charge in [0.05, 0.1) is 21.8 Å². The number of carbonyl (C=O) groups excluding carboxylic acids is 2. The second-order valence-electron chi connectivity index (χ2n) is 7.65. The Bertz CT molecular complexity index is 939. The van der Waals surface area contributed by atoms with E-state index in [1.54, 1.807) is 26.0 Å². The van der Waals surface area contributed by atoms with Crippen molar-refractivity contribution in [3.05, 3.63) is 46.9 Å². The van der Waals surface area contributed by atoms with Crippen LogP contribution in [0.5, 0.6) is 0 Å². The maximum absolute atomic E-state index is 13.1. The molecule has 1 aliphatic carbocycles. The molecule has 0 amide bonds. The first-order chi connectivity index (χ1) is 12.9. The zero-order valence-corrected chi connectivity index (χ0v) is 17.0.